The summed E-state index contributed by atoms with van der Waals surface area (Å²) in [5.41, 5.74) is 0.942. The number of hydrogen-bond donors (Lipinski definition) is 0. The van der Waals surface area contributed by atoms with Crippen LogP contribution < -0.4 is 10.5 Å². The van der Waals surface area contributed by atoms with E-state index in [1.165, 1.54) is 17.0 Å². The summed E-state index contributed by atoms with van der Waals surface area (Å²) < 4.78 is 1.48. The zero-order chi connectivity index (χ0) is 14.8. The van der Waals surface area contributed by atoms with Crippen LogP contribution in [0.1, 0.15) is 12.8 Å². The topological polar surface area (TPSA) is 68.3 Å². The van der Waals surface area contributed by atoms with Gasteiger partial charge in [-0.3, -0.25) is 19.1 Å². The van der Waals surface area contributed by atoms with Crippen LogP contribution in [0, 0.1) is 6.57 Å². The molecule has 1 aliphatic rings. The minimum absolute atomic E-state index is 0.163. The number of nitrogens with zero attached hydrogens (tertiary/aromatic N) is 6. The molecule has 106 valence electrons. The first kappa shape index (κ1) is 13.2. The van der Waals surface area contributed by atoms with E-state index in [0.29, 0.717) is 17.3 Å². The molecule has 3 rings (SSSR count). The highest BCUT2D eigenvalue weighted by Gasteiger charge is 2.32. The van der Waals surface area contributed by atoms with Crippen molar-refractivity contribution in [1.82, 2.24) is 19.5 Å². The molecule has 3 heterocycles. The molecule has 21 heavy (non-hydrogen) atoms. The van der Waals surface area contributed by atoms with Gasteiger partial charge in [0.05, 0.1) is 11.4 Å². The van der Waals surface area contributed by atoms with Gasteiger partial charge in [0.15, 0.2) is 0 Å². The van der Waals surface area contributed by atoms with Gasteiger partial charge in [-0.15, -0.1) is 0 Å². The van der Waals surface area contributed by atoms with Crippen LogP contribution in [0.4, 0.5) is 5.95 Å². The van der Waals surface area contributed by atoms with Crippen LogP contribution in [0.25, 0.3) is 16.2 Å². The fourth-order valence-electron chi connectivity index (χ4n) is 2.47. The van der Waals surface area contributed by atoms with Crippen molar-refractivity contribution in [2.24, 2.45) is 7.05 Å². The van der Waals surface area contributed by atoms with Gasteiger partial charge in [-0.05, 0) is 12.5 Å². The van der Waals surface area contributed by atoms with E-state index in [-0.39, 0.29) is 11.7 Å². The van der Waals surface area contributed by atoms with Gasteiger partial charge >= 0.3 is 6.17 Å². The average molecular weight is 282 g/mol. The summed E-state index contributed by atoms with van der Waals surface area (Å²) in [5, 5.41) is 0. The van der Waals surface area contributed by atoms with Crippen LogP contribution in [0.15, 0.2) is 29.5 Å². The van der Waals surface area contributed by atoms with Crippen molar-refractivity contribution in [3.8, 4) is 11.4 Å². The van der Waals surface area contributed by atoms with Crippen LogP contribution in [0.5, 0.6) is 0 Å². The van der Waals surface area contributed by atoms with Crippen molar-refractivity contribution < 1.29 is 0 Å². The van der Waals surface area contributed by atoms with Crippen molar-refractivity contribution in [3.05, 3.63) is 46.4 Å². The Balaban J connectivity index is 2.11. The number of aromatic nitrogens is 4. The molecule has 0 amide bonds. The molecule has 2 aromatic heterocycles. The quantitative estimate of drug-likeness (QED) is 0.771. The molecule has 0 N–H and O–H groups in total. The first-order valence-electron chi connectivity index (χ1n) is 6.68. The predicted octanol–water partition coefficient (Wildman–Crippen LogP) is 1.08. The Labute approximate surface area is 121 Å². The second-order valence-electron chi connectivity index (χ2n) is 4.88. The van der Waals surface area contributed by atoms with Crippen LogP contribution in [-0.2, 0) is 7.05 Å². The van der Waals surface area contributed by atoms with Crippen molar-refractivity contribution >= 4 is 5.95 Å². The molecule has 1 fully saturated rings. The zero-order valence-corrected chi connectivity index (χ0v) is 11.6. The van der Waals surface area contributed by atoms with Gasteiger partial charge in [0.1, 0.15) is 6.33 Å². The Hall–Kier alpha value is -2.75. The van der Waals surface area contributed by atoms with Crippen LogP contribution >= 0.6 is 0 Å². The highest BCUT2D eigenvalue weighted by molar-refractivity contribution is 5.55. The Morgan fingerprint density at radius 3 is 3.00 bits per heavy atom. The fourth-order valence-corrected chi connectivity index (χ4v) is 2.47. The van der Waals surface area contributed by atoms with Gasteiger partial charge in [-0.25, -0.2) is 21.5 Å². The maximum absolute atomic E-state index is 12.2. The van der Waals surface area contributed by atoms with E-state index in [0.717, 1.165) is 19.4 Å². The Morgan fingerprint density at radius 1 is 1.43 bits per heavy atom. The van der Waals surface area contributed by atoms with E-state index in [9.17, 15) is 4.79 Å². The summed E-state index contributed by atoms with van der Waals surface area (Å²) in [6, 6.07) is 3.16. The molecule has 0 aliphatic carbocycles. The lowest BCUT2D eigenvalue weighted by molar-refractivity contribution is 0.718. The molecule has 0 radical (unpaired) electrons. The van der Waals surface area contributed by atoms with Gasteiger partial charge in [-0.2, -0.15) is 0 Å². The molecular weight excluding hydrogens is 268 g/mol. The molecule has 2 aromatic rings. The molecule has 7 nitrogen and oxygen atoms in total. The van der Waals surface area contributed by atoms with E-state index in [1.54, 1.807) is 19.3 Å². The molecule has 7 heteroatoms. The lowest BCUT2D eigenvalue weighted by Crippen LogP contribution is -2.33. The van der Waals surface area contributed by atoms with Crippen LogP contribution in [0.3, 0.4) is 0 Å². The van der Waals surface area contributed by atoms with Crippen LogP contribution in [-0.4, -0.2) is 32.2 Å². The Bertz CT molecular complexity index is 748. The summed E-state index contributed by atoms with van der Waals surface area (Å²) in [6.45, 7) is 8.01. The summed E-state index contributed by atoms with van der Waals surface area (Å²) in [4.78, 5) is 30.2. The second kappa shape index (κ2) is 5.32. The van der Waals surface area contributed by atoms with Crippen molar-refractivity contribution in [3.63, 3.8) is 0 Å². The molecule has 0 spiro atoms. The molecule has 0 aromatic carbocycles. The largest absolute Gasteiger partial charge is 0.300 e. The Morgan fingerprint density at radius 2 is 2.29 bits per heavy atom. The van der Waals surface area contributed by atoms with Crippen molar-refractivity contribution in [2.75, 3.05) is 11.4 Å². The molecule has 1 atom stereocenters. The number of anilines is 1. The van der Waals surface area contributed by atoms with Gasteiger partial charge in [0.2, 0.25) is 5.95 Å². The third-order valence-electron chi connectivity index (χ3n) is 3.58. The standard InChI is InChI=1S/C14H14N6O/c1-15-12-4-3-7-20(12)14-18-11(8-13(21)19(14)2)10-5-6-16-9-17-10/h5-6,8-9,12H,3-4,7H2,2H3/t12-/m0/s1. The number of rotatable bonds is 2. The predicted molar refractivity (Wildman–Crippen MR) is 77.5 cm³/mol. The first-order valence-corrected chi connectivity index (χ1v) is 6.68. The fraction of sp³-hybridized carbons (Fsp3) is 0.357. The van der Waals surface area contributed by atoms with Gasteiger partial charge in [-0.1, -0.05) is 0 Å². The molecular formula is C14H14N6O. The molecule has 0 saturated carbocycles. The molecule has 0 bridgehead atoms. The SMILES string of the molecule is [C-]#[N+][C@@H]1CCCN1c1nc(-c2ccncn2)cc(=O)n1C. The summed E-state index contributed by atoms with van der Waals surface area (Å²) in [7, 11) is 1.67. The summed E-state index contributed by atoms with van der Waals surface area (Å²) in [6.07, 6.45) is 4.52. The summed E-state index contributed by atoms with van der Waals surface area (Å²) >= 11 is 0. The average Bonchev–Trinajstić information content (AvgIpc) is 2.99. The number of hydrogen-bond acceptors (Lipinski definition) is 5. The van der Waals surface area contributed by atoms with E-state index in [1.807, 2.05) is 4.90 Å². The lowest BCUT2D eigenvalue weighted by Gasteiger charge is -2.20. The summed E-state index contributed by atoms with van der Waals surface area (Å²) in [5.74, 6) is 0.523. The zero-order valence-electron chi connectivity index (χ0n) is 11.6. The van der Waals surface area contributed by atoms with Gasteiger partial charge in [0, 0.05) is 32.3 Å². The van der Waals surface area contributed by atoms with E-state index in [4.69, 9.17) is 6.57 Å². The molecule has 0 unspecified atom stereocenters. The normalized spacial score (nSPS) is 17.7. The van der Waals surface area contributed by atoms with Crippen LogP contribution in [0.2, 0.25) is 0 Å². The van der Waals surface area contributed by atoms with Gasteiger partial charge < -0.3 is 0 Å². The third kappa shape index (κ3) is 2.36. The lowest BCUT2D eigenvalue weighted by atomic mass is 10.3. The second-order valence-corrected chi connectivity index (χ2v) is 4.88. The molecule has 1 saturated heterocycles. The maximum Gasteiger partial charge on any atom is 0.300 e. The third-order valence-corrected chi connectivity index (χ3v) is 3.58. The smallest absolute Gasteiger partial charge is 0.290 e. The highest BCUT2D eigenvalue weighted by atomic mass is 16.1. The highest BCUT2D eigenvalue weighted by Crippen LogP contribution is 2.25. The van der Waals surface area contributed by atoms with E-state index in [2.05, 4.69) is 19.8 Å². The monoisotopic (exact) mass is 282 g/mol. The van der Waals surface area contributed by atoms with E-state index < -0.39 is 0 Å². The minimum atomic E-state index is -0.247. The maximum atomic E-state index is 12.2. The van der Waals surface area contributed by atoms with Crippen molar-refractivity contribution in [2.45, 2.75) is 19.0 Å². The van der Waals surface area contributed by atoms with E-state index >= 15 is 0 Å². The van der Waals surface area contributed by atoms with Gasteiger partial charge in [0.25, 0.3) is 5.56 Å². The molecule has 1 aliphatic heterocycles. The Kier molecular flexibility index (Phi) is 3.36. The van der Waals surface area contributed by atoms with Crippen molar-refractivity contribution in [1.29, 1.82) is 0 Å². The minimum Gasteiger partial charge on any atom is -0.290 e. The first-order chi connectivity index (χ1) is 10.2.